The number of nitrogens with zero attached hydrogens (tertiary/aromatic N) is 1. The molecule has 0 aliphatic heterocycles. The molecule has 18 heavy (non-hydrogen) atoms. The van der Waals surface area contributed by atoms with Crippen molar-refractivity contribution in [3.05, 3.63) is 59.4 Å². The van der Waals surface area contributed by atoms with Crippen molar-refractivity contribution in [2.75, 3.05) is 17.7 Å². The van der Waals surface area contributed by atoms with Gasteiger partial charge in [-0.1, -0.05) is 18.2 Å². The molecule has 0 heterocycles. The summed E-state index contributed by atoms with van der Waals surface area (Å²) >= 11 is 0. The normalized spacial score (nSPS) is 10.4. The molecule has 0 aliphatic carbocycles. The molecule has 2 aromatic carbocycles. The first kappa shape index (κ1) is 12.4. The van der Waals surface area contributed by atoms with Crippen LogP contribution in [0.3, 0.4) is 0 Å². The van der Waals surface area contributed by atoms with E-state index in [9.17, 15) is 4.39 Å². The van der Waals surface area contributed by atoms with E-state index >= 15 is 0 Å². The summed E-state index contributed by atoms with van der Waals surface area (Å²) in [5.41, 5.74) is 9.95. The van der Waals surface area contributed by atoms with E-state index in [0.717, 1.165) is 22.5 Å². The zero-order valence-electron chi connectivity index (χ0n) is 10.7. The topological polar surface area (TPSA) is 29.3 Å². The fourth-order valence-corrected chi connectivity index (χ4v) is 1.97. The second-order valence-electron chi connectivity index (χ2n) is 4.54. The fourth-order valence-electron chi connectivity index (χ4n) is 1.97. The summed E-state index contributed by atoms with van der Waals surface area (Å²) in [5, 5.41) is 0. The highest BCUT2D eigenvalue weighted by Gasteiger charge is 2.06. The Morgan fingerprint density at radius 1 is 1.11 bits per heavy atom. The number of benzene rings is 2. The highest BCUT2D eigenvalue weighted by Crippen LogP contribution is 2.24. The lowest BCUT2D eigenvalue weighted by Gasteiger charge is -2.21. The lowest BCUT2D eigenvalue weighted by molar-refractivity contribution is 0.627. The third kappa shape index (κ3) is 2.80. The zero-order chi connectivity index (χ0) is 13.1. The lowest BCUT2D eigenvalue weighted by atomic mass is 10.1. The van der Waals surface area contributed by atoms with Gasteiger partial charge in [-0.25, -0.2) is 4.39 Å². The van der Waals surface area contributed by atoms with Crippen LogP contribution in [0.5, 0.6) is 0 Å². The molecule has 0 aliphatic rings. The van der Waals surface area contributed by atoms with Crippen LogP contribution in [-0.4, -0.2) is 7.05 Å². The van der Waals surface area contributed by atoms with Crippen LogP contribution in [0, 0.1) is 12.7 Å². The molecule has 0 bridgehead atoms. The molecule has 2 aromatic rings. The van der Waals surface area contributed by atoms with Gasteiger partial charge in [-0.05, 0) is 42.3 Å². The summed E-state index contributed by atoms with van der Waals surface area (Å²) in [7, 11) is 1.98. The van der Waals surface area contributed by atoms with Gasteiger partial charge in [0.15, 0.2) is 0 Å². The van der Waals surface area contributed by atoms with Gasteiger partial charge in [0, 0.05) is 13.6 Å². The first-order valence-corrected chi connectivity index (χ1v) is 5.88. The number of rotatable bonds is 3. The van der Waals surface area contributed by atoms with Crippen LogP contribution >= 0.6 is 0 Å². The average Bonchev–Trinajstić information content (AvgIpc) is 2.32. The highest BCUT2D eigenvalue weighted by atomic mass is 19.1. The predicted octanol–water partition coefficient (Wildman–Crippen LogP) is 3.35. The summed E-state index contributed by atoms with van der Waals surface area (Å²) in [6.45, 7) is 2.72. The second kappa shape index (κ2) is 5.08. The second-order valence-corrected chi connectivity index (χ2v) is 4.54. The Labute approximate surface area is 107 Å². The van der Waals surface area contributed by atoms with Gasteiger partial charge in [0.2, 0.25) is 0 Å². The molecule has 0 radical (unpaired) electrons. The van der Waals surface area contributed by atoms with E-state index in [-0.39, 0.29) is 5.82 Å². The lowest BCUT2D eigenvalue weighted by Crippen LogP contribution is -2.17. The number of hydrogen-bond donors (Lipinski definition) is 1. The summed E-state index contributed by atoms with van der Waals surface area (Å²) in [5.74, 6) is -0.212. The Kier molecular flexibility index (Phi) is 3.51. The van der Waals surface area contributed by atoms with E-state index in [0.29, 0.717) is 6.54 Å². The summed E-state index contributed by atoms with van der Waals surface area (Å²) < 4.78 is 12.8. The molecular formula is C15H17FN2. The van der Waals surface area contributed by atoms with Gasteiger partial charge >= 0.3 is 0 Å². The standard InChI is InChI=1S/C15H17FN2/c1-11-3-8-15(14(17)9-11)18(2)10-12-4-6-13(16)7-5-12/h3-9H,10,17H2,1-2H3. The van der Waals surface area contributed by atoms with Crippen LogP contribution in [0.2, 0.25) is 0 Å². The smallest absolute Gasteiger partial charge is 0.123 e. The Hall–Kier alpha value is -2.03. The maximum atomic E-state index is 12.8. The van der Waals surface area contributed by atoms with Crippen molar-refractivity contribution in [1.29, 1.82) is 0 Å². The van der Waals surface area contributed by atoms with Crippen LogP contribution in [-0.2, 0) is 6.54 Å². The van der Waals surface area contributed by atoms with Gasteiger partial charge in [-0.2, -0.15) is 0 Å². The van der Waals surface area contributed by atoms with Crippen molar-refractivity contribution in [2.45, 2.75) is 13.5 Å². The third-order valence-electron chi connectivity index (χ3n) is 2.93. The molecule has 0 amide bonds. The molecule has 0 spiro atoms. The number of nitrogen functional groups attached to an aromatic ring is 1. The van der Waals surface area contributed by atoms with E-state index in [1.165, 1.54) is 12.1 Å². The predicted molar refractivity (Wildman–Crippen MR) is 74.1 cm³/mol. The molecule has 3 heteroatoms. The van der Waals surface area contributed by atoms with Gasteiger partial charge in [-0.3, -0.25) is 0 Å². The molecule has 2 N–H and O–H groups in total. The van der Waals surface area contributed by atoms with E-state index in [4.69, 9.17) is 5.73 Å². The van der Waals surface area contributed by atoms with Crippen LogP contribution in [0.15, 0.2) is 42.5 Å². The number of nitrogens with two attached hydrogens (primary N) is 1. The summed E-state index contributed by atoms with van der Waals surface area (Å²) in [4.78, 5) is 2.06. The van der Waals surface area contributed by atoms with Gasteiger partial charge in [-0.15, -0.1) is 0 Å². The van der Waals surface area contributed by atoms with Gasteiger partial charge < -0.3 is 10.6 Å². The molecule has 0 unspecified atom stereocenters. The van der Waals surface area contributed by atoms with Gasteiger partial charge in [0.1, 0.15) is 5.82 Å². The van der Waals surface area contributed by atoms with Gasteiger partial charge in [0.05, 0.1) is 11.4 Å². The Morgan fingerprint density at radius 2 is 1.78 bits per heavy atom. The zero-order valence-corrected chi connectivity index (χ0v) is 10.7. The van der Waals surface area contributed by atoms with Crippen LogP contribution < -0.4 is 10.6 Å². The van der Waals surface area contributed by atoms with Gasteiger partial charge in [0.25, 0.3) is 0 Å². The monoisotopic (exact) mass is 244 g/mol. The molecule has 2 nitrogen and oxygen atoms in total. The van der Waals surface area contributed by atoms with Crippen molar-refractivity contribution in [1.82, 2.24) is 0 Å². The molecule has 0 saturated heterocycles. The number of hydrogen-bond acceptors (Lipinski definition) is 2. The first-order valence-electron chi connectivity index (χ1n) is 5.88. The molecule has 94 valence electrons. The SMILES string of the molecule is Cc1ccc(N(C)Cc2ccc(F)cc2)c(N)c1. The molecule has 2 rings (SSSR count). The quantitative estimate of drug-likeness (QED) is 0.839. The maximum absolute atomic E-state index is 12.8. The Balaban J connectivity index is 2.16. The third-order valence-corrected chi connectivity index (χ3v) is 2.93. The molecule has 0 aromatic heterocycles. The van der Waals surface area contributed by atoms with E-state index in [1.807, 2.05) is 32.2 Å². The van der Waals surface area contributed by atoms with Crippen LogP contribution in [0.1, 0.15) is 11.1 Å². The van der Waals surface area contributed by atoms with Crippen molar-refractivity contribution in [2.24, 2.45) is 0 Å². The molecule has 0 saturated carbocycles. The first-order chi connectivity index (χ1) is 8.56. The number of halogens is 1. The number of aryl methyl sites for hydroxylation is 1. The van der Waals surface area contributed by atoms with Crippen molar-refractivity contribution < 1.29 is 4.39 Å². The van der Waals surface area contributed by atoms with E-state index in [1.54, 1.807) is 12.1 Å². The minimum atomic E-state index is -0.212. The van der Waals surface area contributed by atoms with E-state index in [2.05, 4.69) is 4.90 Å². The summed E-state index contributed by atoms with van der Waals surface area (Å²) in [6, 6.07) is 12.5. The van der Waals surface area contributed by atoms with E-state index < -0.39 is 0 Å². The maximum Gasteiger partial charge on any atom is 0.123 e. The Bertz CT molecular complexity index is 535. The van der Waals surface area contributed by atoms with Crippen LogP contribution in [0.4, 0.5) is 15.8 Å². The minimum absolute atomic E-state index is 0.212. The molecule has 0 atom stereocenters. The summed E-state index contributed by atoms with van der Waals surface area (Å²) in [6.07, 6.45) is 0. The van der Waals surface area contributed by atoms with Crippen molar-refractivity contribution in [3.63, 3.8) is 0 Å². The molecule has 0 fully saturated rings. The fraction of sp³-hybridized carbons (Fsp3) is 0.200. The van der Waals surface area contributed by atoms with Crippen molar-refractivity contribution in [3.8, 4) is 0 Å². The number of anilines is 2. The van der Waals surface area contributed by atoms with Crippen molar-refractivity contribution >= 4 is 11.4 Å². The average molecular weight is 244 g/mol. The van der Waals surface area contributed by atoms with Crippen LogP contribution in [0.25, 0.3) is 0 Å². The minimum Gasteiger partial charge on any atom is -0.397 e. The largest absolute Gasteiger partial charge is 0.397 e. The molecular weight excluding hydrogens is 227 g/mol. The highest BCUT2D eigenvalue weighted by molar-refractivity contribution is 5.68. The Morgan fingerprint density at radius 3 is 2.39 bits per heavy atom.